The van der Waals surface area contributed by atoms with Gasteiger partial charge in [0.2, 0.25) is 5.91 Å². The Morgan fingerprint density at radius 3 is 2.32 bits per heavy atom. The van der Waals surface area contributed by atoms with E-state index in [1.54, 1.807) is 12.1 Å². The maximum Gasteiger partial charge on any atom is 0.224 e. The van der Waals surface area contributed by atoms with E-state index in [2.05, 4.69) is 10.3 Å². The van der Waals surface area contributed by atoms with Gasteiger partial charge in [-0.1, -0.05) is 6.07 Å². The summed E-state index contributed by atoms with van der Waals surface area (Å²) >= 11 is 0. The number of aryl methyl sites for hydroxylation is 1. The number of imidazole rings is 1. The summed E-state index contributed by atoms with van der Waals surface area (Å²) in [5.41, 5.74) is 3.69. The summed E-state index contributed by atoms with van der Waals surface area (Å²) in [4.78, 5) is 17.0. The van der Waals surface area contributed by atoms with Gasteiger partial charge in [0, 0.05) is 23.9 Å². The molecule has 4 nitrogen and oxygen atoms in total. The minimum Gasteiger partial charge on any atom is -0.326 e. The molecule has 2 aromatic carbocycles. The third-order valence-electron chi connectivity index (χ3n) is 4.46. The fourth-order valence-corrected chi connectivity index (χ4v) is 3.11. The predicted molar refractivity (Wildman–Crippen MR) is 104 cm³/mol. The van der Waals surface area contributed by atoms with Gasteiger partial charge in [-0.3, -0.25) is 4.79 Å². The van der Waals surface area contributed by atoms with Gasteiger partial charge in [-0.25, -0.2) is 13.8 Å². The van der Waals surface area contributed by atoms with Crippen LogP contribution in [-0.2, 0) is 11.2 Å². The van der Waals surface area contributed by atoms with Gasteiger partial charge in [0.05, 0.1) is 11.4 Å². The number of nitrogens with one attached hydrogen (secondary N) is 1. The van der Waals surface area contributed by atoms with E-state index < -0.39 is 0 Å². The van der Waals surface area contributed by atoms with Gasteiger partial charge in [-0.05, 0) is 67.1 Å². The van der Waals surface area contributed by atoms with Crippen molar-refractivity contribution in [2.75, 3.05) is 5.32 Å². The van der Waals surface area contributed by atoms with Crippen LogP contribution in [-0.4, -0.2) is 15.3 Å². The highest BCUT2D eigenvalue weighted by molar-refractivity contribution is 5.90. The first-order valence-electron chi connectivity index (χ1n) is 8.87. The van der Waals surface area contributed by atoms with Gasteiger partial charge in [0.1, 0.15) is 17.3 Å². The summed E-state index contributed by atoms with van der Waals surface area (Å²) in [5.74, 6) is -0.844. The number of fused-ring (bicyclic) bond motifs is 1. The Morgan fingerprint density at radius 2 is 1.61 bits per heavy atom. The van der Waals surface area contributed by atoms with E-state index in [1.807, 2.05) is 28.8 Å². The van der Waals surface area contributed by atoms with Crippen molar-refractivity contribution in [1.29, 1.82) is 0 Å². The van der Waals surface area contributed by atoms with Crippen LogP contribution >= 0.6 is 0 Å². The van der Waals surface area contributed by atoms with Crippen LogP contribution < -0.4 is 5.32 Å². The quantitative estimate of drug-likeness (QED) is 0.540. The topological polar surface area (TPSA) is 46.4 Å². The van der Waals surface area contributed by atoms with Gasteiger partial charge >= 0.3 is 0 Å². The zero-order chi connectivity index (χ0) is 19.5. The lowest BCUT2D eigenvalue weighted by Gasteiger charge is -2.07. The average Bonchev–Trinajstić information content (AvgIpc) is 3.07. The number of amides is 1. The zero-order valence-corrected chi connectivity index (χ0v) is 14.9. The monoisotopic (exact) mass is 377 g/mol. The lowest BCUT2D eigenvalue weighted by atomic mass is 10.1. The summed E-state index contributed by atoms with van der Waals surface area (Å²) in [6.07, 6.45) is 2.57. The van der Waals surface area contributed by atoms with Crippen LogP contribution in [0.25, 0.3) is 16.9 Å². The van der Waals surface area contributed by atoms with Crippen molar-refractivity contribution in [2.24, 2.45) is 0 Å². The Morgan fingerprint density at radius 1 is 0.929 bits per heavy atom. The van der Waals surface area contributed by atoms with Crippen LogP contribution in [0.3, 0.4) is 0 Å². The summed E-state index contributed by atoms with van der Waals surface area (Å²) in [6.45, 7) is 0. The third-order valence-corrected chi connectivity index (χ3v) is 4.46. The molecule has 28 heavy (non-hydrogen) atoms. The number of pyridine rings is 1. The van der Waals surface area contributed by atoms with Crippen molar-refractivity contribution in [3.63, 3.8) is 0 Å². The highest BCUT2D eigenvalue weighted by atomic mass is 19.1. The maximum atomic E-state index is 13.3. The molecular weight excluding hydrogens is 360 g/mol. The Balaban J connectivity index is 1.58. The summed E-state index contributed by atoms with van der Waals surface area (Å²) in [7, 11) is 0. The van der Waals surface area contributed by atoms with E-state index in [0.717, 1.165) is 22.6 Å². The van der Waals surface area contributed by atoms with Crippen molar-refractivity contribution >= 4 is 17.2 Å². The van der Waals surface area contributed by atoms with Crippen LogP contribution in [0.4, 0.5) is 14.5 Å². The average molecular weight is 377 g/mol. The Kier molecular flexibility index (Phi) is 4.85. The van der Waals surface area contributed by atoms with E-state index in [4.69, 9.17) is 0 Å². The second-order valence-corrected chi connectivity index (χ2v) is 6.40. The molecule has 0 bridgehead atoms. The Labute approximate surface area is 160 Å². The predicted octanol–water partition coefficient (Wildman–Crippen LogP) is 4.85. The molecule has 4 aromatic rings. The maximum absolute atomic E-state index is 13.3. The molecule has 0 radical (unpaired) electrons. The van der Waals surface area contributed by atoms with E-state index in [0.29, 0.717) is 12.1 Å². The van der Waals surface area contributed by atoms with Gasteiger partial charge in [0.15, 0.2) is 0 Å². The number of hydrogen-bond donors (Lipinski definition) is 1. The third kappa shape index (κ3) is 3.76. The lowest BCUT2D eigenvalue weighted by molar-refractivity contribution is -0.116. The molecule has 0 fully saturated rings. The number of aromatic nitrogens is 2. The van der Waals surface area contributed by atoms with E-state index in [-0.39, 0.29) is 24.0 Å². The van der Waals surface area contributed by atoms with Crippen LogP contribution in [0.2, 0.25) is 0 Å². The van der Waals surface area contributed by atoms with Crippen molar-refractivity contribution in [3.05, 3.63) is 90.3 Å². The fourth-order valence-electron chi connectivity index (χ4n) is 3.11. The van der Waals surface area contributed by atoms with E-state index in [1.165, 1.54) is 36.4 Å². The summed E-state index contributed by atoms with van der Waals surface area (Å²) < 4.78 is 28.2. The molecule has 0 aliphatic rings. The second kappa shape index (κ2) is 7.60. The van der Waals surface area contributed by atoms with Crippen molar-refractivity contribution in [1.82, 2.24) is 9.38 Å². The van der Waals surface area contributed by atoms with Gasteiger partial charge < -0.3 is 9.72 Å². The van der Waals surface area contributed by atoms with Gasteiger partial charge in [-0.2, -0.15) is 0 Å². The highest BCUT2D eigenvalue weighted by Crippen LogP contribution is 2.26. The largest absolute Gasteiger partial charge is 0.326 e. The minimum atomic E-state index is -0.354. The smallest absolute Gasteiger partial charge is 0.224 e. The molecular formula is C22H17F2N3O. The summed E-state index contributed by atoms with van der Waals surface area (Å²) in [6, 6.07) is 17.4. The molecule has 0 spiro atoms. The minimum absolute atomic E-state index is 0.178. The summed E-state index contributed by atoms with van der Waals surface area (Å²) in [5, 5.41) is 2.76. The molecule has 6 heteroatoms. The van der Waals surface area contributed by atoms with E-state index in [9.17, 15) is 13.6 Å². The number of rotatable bonds is 5. The molecule has 2 heterocycles. The van der Waals surface area contributed by atoms with Crippen molar-refractivity contribution in [3.8, 4) is 11.3 Å². The first-order chi connectivity index (χ1) is 13.6. The highest BCUT2D eigenvalue weighted by Gasteiger charge is 2.15. The van der Waals surface area contributed by atoms with Gasteiger partial charge in [-0.15, -0.1) is 0 Å². The van der Waals surface area contributed by atoms with Crippen molar-refractivity contribution < 1.29 is 13.6 Å². The molecule has 1 amide bonds. The molecule has 1 N–H and O–H groups in total. The first-order valence-corrected chi connectivity index (χ1v) is 8.87. The SMILES string of the molecule is O=C(CCc1c(-c2ccc(F)cc2)nc2ccccn12)Nc1ccc(F)cc1. The number of anilines is 1. The van der Waals surface area contributed by atoms with E-state index >= 15 is 0 Å². The lowest BCUT2D eigenvalue weighted by Crippen LogP contribution is -2.13. The molecule has 0 saturated heterocycles. The number of halogens is 2. The molecule has 140 valence electrons. The molecule has 4 rings (SSSR count). The zero-order valence-electron chi connectivity index (χ0n) is 14.9. The second-order valence-electron chi connectivity index (χ2n) is 6.40. The standard InChI is InChI=1S/C22H17F2N3O/c23-16-6-4-15(5-7-16)22-19(27-14-2-1-3-20(27)26-22)12-13-21(28)25-18-10-8-17(24)9-11-18/h1-11,14H,12-13H2,(H,25,28). The number of carbonyl (C=O) groups is 1. The number of carbonyl (C=O) groups excluding carboxylic acids is 1. The number of hydrogen-bond acceptors (Lipinski definition) is 2. The van der Waals surface area contributed by atoms with Crippen LogP contribution in [0.15, 0.2) is 72.9 Å². The van der Waals surface area contributed by atoms with Crippen LogP contribution in [0.1, 0.15) is 12.1 Å². The molecule has 2 aromatic heterocycles. The number of nitrogens with zero attached hydrogens (tertiary/aromatic N) is 2. The van der Waals surface area contributed by atoms with Crippen LogP contribution in [0, 0.1) is 11.6 Å². The Bertz CT molecular complexity index is 1120. The van der Waals surface area contributed by atoms with Gasteiger partial charge in [0.25, 0.3) is 0 Å². The first kappa shape index (κ1) is 17.9. The molecule has 0 unspecified atom stereocenters. The number of benzene rings is 2. The van der Waals surface area contributed by atoms with Crippen molar-refractivity contribution in [2.45, 2.75) is 12.8 Å². The normalized spacial score (nSPS) is 10.9. The Hall–Kier alpha value is -3.54. The molecule has 0 aliphatic carbocycles. The fraction of sp³-hybridized carbons (Fsp3) is 0.0909. The van der Waals surface area contributed by atoms with Crippen LogP contribution in [0.5, 0.6) is 0 Å². The molecule has 0 atom stereocenters. The molecule has 0 aliphatic heterocycles. The molecule has 0 saturated carbocycles.